The first-order valence-electron chi connectivity index (χ1n) is 7.48. The predicted molar refractivity (Wildman–Crippen MR) is 76.2 cm³/mol. The Morgan fingerprint density at radius 1 is 1.17 bits per heavy atom. The Bertz CT molecular complexity index is 263. The fraction of sp³-hybridized carbons (Fsp3) is 0.933. The maximum absolute atomic E-state index is 12.2. The van der Waals surface area contributed by atoms with Crippen molar-refractivity contribution in [3.05, 3.63) is 0 Å². The van der Waals surface area contributed by atoms with Gasteiger partial charge in [-0.3, -0.25) is 10.1 Å². The molecule has 106 valence electrons. The van der Waals surface area contributed by atoms with Crippen LogP contribution in [0.2, 0.25) is 0 Å². The number of carbonyl (C=O) groups excluding carboxylic acids is 1. The van der Waals surface area contributed by atoms with Gasteiger partial charge in [0.15, 0.2) is 0 Å². The summed E-state index contributed by atoms with van der Waals surface area (Å²) < 4.78 is 0. The van der Waals surface area contributed by atoms with Crippen LogP contribution in [0.15, 0.2) is 0 Å². The molecule has 3 nitrogen and oxygen atoms in total. The van der Waals surface area contributed by atoms with Gasteiger partial charge >= 0.3 is 0 Å². The lowest BCUT2D eigenvalue weighted by atomic mass is 10.0. The molecule has 0 spiro atoms. The number of amides is 1. The van der Waals surface area contributed by atoms with Gasteiger partial charge in [-0.1, -0.05) is 40.5 Å². The highest BCUT2D eigenvalue weighted by molar-refractivity contribution is 5.84. The molecule has 1 rings (SSSR count). The van der Waals surface area contributed by atoms with Gasteiger partial charge in [0.2, 0.25) is 5.91 Å². The van der Waals surface area contributed by atoms with E-state index in [2.05, 4.69) is 39.9 Å². The van der Waals surface area contributed by atoms with E-state index >= 15 is 0 Å². The summed E-state index contributed by atoms with van der Waals surface area (Å²) in [6.07, 6.45) is 4.78. The van der Waals surface area contributed by atoms with E-state index in [1.54, 1.807) is 0 Å². The van der Waals surface area contributed by atoms with Gasteiger partial charge in [0.25, 0.3) is 0 Å². The maximum Gasteiger partial charge on any atom is 0.241 e. The van der Waals surface area contributed by atoms with E-state index in [1.165, 1.54) is 12.8 Å². The number of hydrogen-bond acceptors (Lipinski definition) is 2. The third-order valence-electron chi connectivity index (χ3n) is 3.63. The van der Waals surface area contributed by atoms with E-state index in [9.17, 15) is 4.79 Å². The molecule has 0 aliphatic carbocycles. The largest absolute Gasteiger partial charge is 0.326 e. The van der Waals surface area contributed by atoms with Crippen LogP contribution in [0, 0.1) is 11.8 Å². The summed E-state index contributed by atoms with van der Waals surface area (Å²) in [4.78, 5) is 14.3. The summed E-state index contributed by atoms with van der Waals surface area (Å²) in [5.74, 6) is 1.64. The lowest BCUT2D eigenvalue weighted by Crippen LogP contribution is -2.35. The highest BCUT2D eigenvalue weighted by Gasteiger charge is 2.35. The van der Waals surface area contributed by atoms with Crippen molar-refractivity contribution in [2.75, 3.05) is 6.54 Å². The molecule has 2 atom stereocenters. The van der Waals surface area contributed by atoms with Crippen LogP contribution in [-0.2, 0) is 4.79 Å². The highest BCUT2D eigenvalue weighted by atomic mass is 16.2. The number of rotatable bonds is 7. The lowest BCUT2D eigenvalue weighted by Gasteiger charge is -2.20. The zero-order valence-electron chi connectivity index (χ0n) is 12.7. The molecule has 3 heteroatoms. The Balaban J connectivity index is 2.34. The number of carbonyl (C=O) groups is 1. The average Bonchev–Trinajstić information content (AvgIpc) is 2.49. The van der Waals surface area contributed by atoms with Crippen molar-refractivity contribution in [1.82, 2.24) is 10.2 Å². The number of nitrogens with one attached hydrogen (secondary N) is 1. The molecule has 1 N–H and O–H groups in total. The molecule has 0 aromatic rings. The summed E-state index contributed by atoms with van der Waals surface area (Å²) >= 11 is 0. The first kappa shape index (κ1) is 15.5. The second-order valence-electron chi connectivity index (χ2n) is 6.45. The lowest BCUT2D eigenvalue weighted by molar-refractivity contribution is -0.130. The first-order valence-corrected chi connectivity index (χ1v) is 7.48. The average molecular weight is 254 g/mol. The van der Waals surface area contributed by atoms with Crippen molar-refractivity contribution in [2.45, 2.75) is 72.5 Å². The Morgan fingerprint density at radius 2 is 1.83 bits per heavy atom. The number of nitrogens with zero attached hydrogens (tertiary/aromatic N) is 1. The molecule has 2 unspecified atom stereocenters. The van der Waals surface area contributed by atoms with Crippen molar-refractivity contribution >= 4 is 5.91 Å². The van der Waals surface area contributed by atoms with Crippen LogP contribution in [0.3, 0.4) is 0 Å². The second kappa shape index (κ2) is 7.13. The van der Waals surface area contributed by atoms with E-state index in [0.29, 0.717) is 11.8 Å². The Labute approximate surface area is 112 Å². The molecule has 1 heterocycles. The molecule has 1 aliphatic rings. The van der Waals surface area contributed by atoms with E-state index in [0.717, 1.165) is 25.3 Å². The molecule has 0 radical (unpaired) electrons. The van der Waals surface area contributed by atoms with Crippen LogP contribution < -0.4 is 5.32 Å². The predicted octanol–water partition coefficient (Wildman–Crippen LogP) is 3.01. The number of hydrogen-bond donors (Lipinski definition) is 1. The SMILES string of the molecule is CC(C)CCCCN1C(=O)C(CC(C)C)NC1C. The van der Waals surface area contributed by atoms with Gasteiger partial charge in [-0.2, -0.15) is 0 Å². The molecule has 0 bridgehead atoms. The van der Waals surface area contributed by atoms with Crippen molar-refractivity contribution in [1.29, 1.82) is 0 Å². The van der Waals surface area contributed by atoms with Crippen LogP contribution in [0.4, 0.5) is 0 Å². The van der Waals surface area contributed by atoms with Gasteiger partial charge in [-0.25, -0.2) is 0 Å². The molecule has 1 fully saturated rings. The fourth-order valence-corrected chi connectivity index (χ4v) is 2.62. The molecule has 0 saturated carbocycles. The van der Waals surface area contributed by atoms with Crippen LogP contribution in [0.5, 0.6) is 0 Å². The van der Waals surface area contributed by atoms with Crippen LogP contribution in [0.25, 0.3) is 0 Å². The molecule has 18 heavy (non-hydrogen) atoms. The molecule has 1 aliphatic heterocycles. The first-order chi connectivity index (χ1) is 8.41. The minimum atomic E-state index is 0.0464. The Hall–Kier alpha value is -0.570. The minimum absolute atomic E-state index is 0.0464. The summed E-state index contributed by atoms with van der Waals surface area (Å²) in [6.45, 7) is 11.9. The molecule has 1 saturated heterocycles. The van der Waals surface area contributed by atoms with Gasteiger partial charge in [-0.05, 0) is 31.6 Å². The summed E-state index contributed by atoms with van der Waals surface area (Å²) in [6, 6.07) is 0.0464. The highest BCUT2D eigenvalue weighted by Crippen LogP contribution is 2.18. The number of unbranched alkanes of at least 4 members (excludes halogenated alkanes) is 1. The second-order valence-corrected chi connectivity index (χ2v) is 6.45. The molecule has 0 aromatic heterocycles. The van der Waals surface area contributed by atoms with E-state index in [4.69, 9.17) is 0 Å². The third kappa shape index (κ3) is 4.60. The van der Waals surface area contributed by atoms with Gasteiger partial charge in [0.05, 0.1) is 12.2 Å². The molecular weight excluding hydrogens is 224 g/mol. The van der Waals surface area contributed by atoms with Gasteiger partial charge in [-0.15, -0.1) is 0 Å². The topological polar surface area (TPSA) is 32.3 Å². The minimum Gasteiger partial charge on any atom is -0.326 e. The van der Waals surface area contributed by atoms with E-state index in [-0.39, 0.29) is 12.2 Å². The van der Waals surface area contributed by atoms with Crippen molar-refractivity contribution in [3.63, 3.8) is 0 Å². The monoisotopic (exact) mass is 254 g/mol. The quantitative estimate of drug-likeness (QED) is 0.708. The molecular formula is C15H30N2O. The third-order valence-corrected chi connectivity index (χ3v) is 3.63. The summed E-state index contributed by atoms with van der Waals surface area (Å²) in [5, 5.41) is 3.41. The van der Waals surface area contributed by atoms with Crippen LogP contribution in [-0.4, -0.2) is 29.6 Å². The van der Waals surface area contributed by atoms with E-state index in [1.807, 2.05) is 4.90 Å². The smallest absolute Gasteiger partial charge is 0.241 e. The van der Waals surface area contributed by atoms with Gasteiger partial charge in [0, 0.05) is 6.54 Å². The molecule has 1 amide bonds. The Morgan fingerprint density at radius 3 is 2.39 bits per heavy atom. The van der Waals surface area contributed by atoms with Crippen molar-refractivity contribution in [3.8, 4) is 0 Å². The van der Waals surface area contributed by atoms with Crippen LogP contribution in [0.1, 0.15) is 60.3 Å². The van der Waals surface area contributed by atoms with Crippen molar-refractivity contribution < 1.29 is 4.79 Å². The van der Waals surface area contributed by atoms with Gasteiger partial charge < -0.3 is 4.90 Å². The van der Waals surface area contributed by atoms with Gasteiger partial charge in [0.1, 0.15) is 0 Å². The maximum atomic E-state index is 12.2. The summed E-state index contributed by atoms with van der Waals surface area (Å²) in [5.41, 5.74) is 0. The normalized spacial score (nSPS) is 24.6. The van der Waals surface area contributed by atoms with E-state index < -0.39 is 0 Å². The van der Waals surface area contributed by atoms with Crippen molar-refractivity contribution in [2.24, 2.45) is 11.8 Å². The zero-order chi connectivity index (χ0) is 13.7. The fourth-order valence-electron chi connectivity index (χ4n) is 2.62. The molecule has 0 aromatic carbocycles. The zero-order valence-corrected chi connectivity index (χ0v) is 12.7. The standard InChI is InChI=1S/C15H30N2O/c1-11(2)8-6-7-9-17-13(5)16-14(15(17)18)10-12(3)4/h11-14,16H,6-10H2,1-5H3. The summed E-state index contributed by atoms with van der Waals surface area (Å²) in [7, 11) is 0. The van der Waals surface area contributed by atoms with Crippen LogP contribution >= 0.6 is 0 Å². The Kier molecular flexibility index (Phi) is 6.13.